The minimum atomic E-state index is -0.341. The van der Waals surface area contributed by atoms with E-state index in [1.54, 1.807) is 6.20 Å². The summed E-state index contributed by atoms with van der Waals surface area (Å²) >= 11 is 0. The fourth-order valence-corrected chi connectivity index (χ4v) is 3.19. The molecule has 1 saturated heterocycles. The standard InChI is InChI=1S/C18H27N5O/c1-14-4-7-23(8-5-14)13-17(24)12-20-10-16-11-21-22-18(16)15-3-2-6-19-9-15/h2-3,6,9,11,14,17,20,24H,4-5,7-8,10,12-13H2,1H3,(H,21,22). The fraction of sp³-hybridized carbons (Fsp3) is 0.556. The number of nitrogens with zero attached hydrogens (tertiary/aromatic N) is 3. The summed E-state index contributed by atoms with van der Waals surface area (Å²) in [6, 6.07) is 3.92. The molecule has 0 aromatic carbocycles. The van der Waals surface area contributed by atoms with Gasteiger partial charge in [0.1, 0.15) is 0 Å². The molecule has 1 aliphatic rings. The number of aliphatic hydroxyl groups excluding tert-OH is 1. The van der Waals surface area contributed by atoms with Gasteiger partial charge < -0.3 is 15.3 Å². The van der Waals surface area contributed by atoms with Gasteiger partial charge in [-0.05, 0) is 44.0 Å². The zero-order chi connectivity index (χ0) is 16.8. The molecular formula is C18H27N5O. The molecule has 3 heterocycles. The Balaban J connectivity index is 1.44. The van der Waals surface area contributed by atoms with Gasteiger partial charge in [-0.1, -0.05) is 6.92 Å². The van der Waals surface area contributed by atoms with Crippen LogP contribution in [-0.4, -0.2) is 57.5 Å². The molecule has 6 nitrogen and oxygen atoms in total. The number of pyridine rings is 1. The van der Waals surface area contributed by atoms with E-state index in [0.29, 0.717) is 13.1 Å². The normalized spacial score (nSPS) is 17.9. The van der Waals surface area contributed by atoms with E-state index in [2.05, 4.69) is 32.3 Å². The van der Waals surface area contributed by atoms with Gasteiger partial charge in [-0.3, -0.25) is 10.1 Å². The summed E-state index contributed by atoms with van der Waals surface area (Å²) in [6.45, 7) is 6.52. The lowest BCUT2D eigenvalue weighted by Crippen LogP contribution is -2.41. The van der Waals surface area contributed by atoms with Gasteiger partial charge in [0.25, 0.3) is 0 Å². The first-order valence-corrected chi connectivity index (χ1v) is 8.76. The summed E-state index contributed by atoms with van der Waals surface area (Å²) in [5.41, 5.74) is 3.09. The molecule has 1 aliphatic heterocycles. The second kappa shape index (κ2) is 8.37. The zero-order valence-corrected chi connectivity index (χ0v) is 14.3. The molecule has 6 heteroatoms. The van der Waals surface area contributed by atoms with Gasteiger partial charge in [0.05, 0.1) is 18.0 Å². The van der Waals surface area contributed by atoms with Crippen LogP contribution in [0.3, 0.4) is 0 Å². The van der Waals surface area contributed by atoms with Crippen LogP contribution >= 0.6 is 0 Å². The molecule has 0 amide bonds. The minimum absolute atomic E-state index is 0.341. The van der Waals surface area contributed by atoms with E-state index in [9.17, 15) is 5.11 Å². The zero-order valence-electron chi connectivity index (χ0n) is 14.3. The Kier molecular flexibility index (Phi) is 5.96. The fourth-order valence-electron chi connectivity index (χ4n) is 3.19. The van der Waals surface area contributed by atoms with Crippen molar-refractivity contribution in [3.63, 3.8) is 0 Å². The predicted octanol–water partition coefficient (Wildman–Crippen LogP) is 1.65. The second-order valence-electron chi connectivity index (χ2n) is 6.78. The largest absolute Gasteiger partial charge is 0.390 e. The topological polar surface area (TPSA) is 77.1 Å². The molecule has 3 N–H and O–H groups in total. The van der Waals surface area contributed by atoms with E-state index in [1.807, 2.05) is 24.5 Å². The van der Waals surface area contributed by atoms with Crippen molar-refractivity contribution in [1.29, 1.82) is 0 Å². The van der Waals surface area contributed by atoms with E-state index in [0.717, 1.165) is 42.4 Å². The molecule has 1 atom stereocenters. The molecule has 0 radical (unpaired) electrons. The second-order valence-corrected chi connectivity index (χ2v) is 6.78. The maximum atomic E-state index is 10.2. The lowest BCUT2D eigenvalue weighted by Gasteiger charge is -2.31. The molecule has 0 spiro atoms. The molecule has 0 bridgehead atoms. The Labute approximate surface area is 143 Å². The van der Waals surface area contributed by atoms with E-state index in [4.69, 9.17) is 0 Å². The number of aromatic amines is 1. The molecule has 24 heavy (non-hydrogen) atoms. The highest BCUT2D eigenvalue weighted by molar-refractivity contribution is 5.61. The van der Waals surface area contributed by atoms with Crippen LogP contribution in [0.15, 0.2) is 30.7 Å². The summed E-state index contributed by atoms with van der Waals surface area (Å²) in [6.07, 6.45) is 7.55. The SMILES string of the molecule is CC1CCN(CC(O)CNCc2cn[nH]c2-c2cccnc2)CC1. The lowest BCUT2D eigenvalue weighted by molar-refractivity contribution is 0.0907. The average Bonchev–Trinajstić information content (AvgIpc) is 3.06. The number of piperidine rings is 1. The molecule has 1 fully saturated rings. The molecular weight excluding hydrogens is 302 g/mol. The van der Waals surface area contributed by atoms with Crippen molar-refractivity contribution in [2.24, 2.45) is 5.92 Å². The highest BCUT2D eigenvalue weighted by Gasteiger charge is 2.18. The van der Waals surface area contributed by atoms with Crippen molar-refractivity contribution in [2.75, 3.05) is 26.2 Å². The Morgan fingerprint density at radius 2 is 2.21 bits per heavy atom. The van der Waals surface area contributed by atoms with Crippen molar-refractivity contribution < 1.29 is 5.11 Å². The first-order valence-electron chi connectivity index (χ1n) is 8.76. The third-order valence-corrected chi connectivity index (χ3v) is 4.71. The van der Waals surface area contributed by atoms with E-state index in [1.165, 1.54) is 12.8 Å². The van der Waals surface area contributed by atoms with Gasteiger partial charge in [-0.25, -0.2) is 0 Å². The van der Waals surface area contributed by atoms with E-state index in [-0.39, 0.29) is 6.10 Å². The molecule has 3 rings (SSSR count). The predicted molar refractivity (Wildman–Crippen MR) is 94.4 cm³/mol. The minimum Gasteiger partial charge on any atom is -0.390 e. The van der Waals surface area contributed by atoms with Crippen LogP contribution in [0, 0.1) is 5.92 Å². The molecule has 0 aliphatic carbocycles. The summed E-state index contributed by atoms with van der Waals surface area (Å²) in [5.74, 6) is 0.823. The van der Waals surface area contributed by atoms with Gasteiger partial charge in [0, 0.05) is 43.2 Å². The molecule has 1 unspecified atom stereocenters. The number of hydrogen-bond donors (Lipinski definition) is 3. The van der Waals surface area contributed by atoms with Crippen LogP contribution in [0.2, 0.25) is 0 Å². The number of hydrogen-bond acceptors (Lipinski definition) is 5. The number of aliphatic hydroxyl groups is 1. The highest BCUT2D eigenvalue weighted by atomic mass is 16.3. The molecule has 2 aromatic heterocycles. The number of β-amino-alcohol motifs (C(OH)–C–C–N with tert-alkyl or cyclic N) is 1. The first-order chi connectivity index (χ1) is 11.7. The summed E-state index contributed by atoms with van der Waals surface area (Å²) in [7, 11) is 0. The molecule has 0 saturated carbocycles. The molecule has 2 aromatic rings. The van der Waals surface area contributed by atoms with Gasteiger partial charge in [-0.2, -0.15) is 5.10 Å². The summed E-state index contributed by atoms with van der Waals surface area (Å²) < 4.78 is 0. The van der Waals surface area contributed by atoms with Crippen LogP contribution in [-0.2, 0) is 6.54 Å². The lowest BCUT2D eigenvalue weighted by atomic mass is 9.99. The number of H-pyrrole nitrogens is 1. The number of rotatable bonds is 7. The Bertz CT molecular complexity index is 607. The van der Waals surface area contributed by atoms with Crippen molar-refractivity contribution >= 4 is 0 Å². The number of nitrogens with one attached hydrogen (secondary N) is 2. The van der Waals surface area contributed by atoms with Crippen molar-refractivity contribution in [1.82, 2.24) is 25.4 Å². The van der Waals surface area contributed by atoms with Gasteiger partial charge >= 0.3 is 0 Å². The van der Waals surface area contributed by atoms with Gasteiger partial charge in [0.2, 0.25) is 0 Å². The van der Waals surface area contributed by atoms with Crippen LogP contribution in [0.1, 0.15) is 25.3 Å². The Hall–Kier alpha value is -1.76. The van der Waals surface area contributed by atoms with Gasteiger partial charge in [-0.15, -0.1) is 0 Å². The Morgan fingerprint density at radius 3 is 2.96 bits per heavy atom. The number of likely N-dealkylation sites (tertiary alicyclic amines) is 1. The highest BCUT2D eigenvalue weighted by Crippen LogP contribution is 2.19. The van der Waals surface area contributed by atoms with E-state index >= 15 is 0 Å². The Morgan fingerprint density at radius 1 is 1.38 bits per heavy atom. The van der Waals surface area contributed by atoms with Crippen molar-refractivity contribution in [2.45, 2.75) is 32.4 Å². The van der Waals surface area contributed by atoms with Crippen LogP contribution in [0.5, 0.6) is 0 Å². The average molecular weight is 329 g/mol. The molecule has 130 valence electrons. The van der Waals surface area contributed by atoms with Crippen LogP contribution in [0.25, 0.3) is 11.3 Å². The summed E-state index contributed by atoms with van der Waals surface area (Å²) in [4.78, 5) is 6.51. The maximum Gasteiger partial charge on any atom is 0.0791 e. The third-order valence-electron chi connectivity index (χ3n) is 4.71. The van der Waals surface area contributed by atoms with Gasteiger partial charge in [0.15, 0.2) is 0 Å². The smallest absolute Gasteiger partial charge is 0.0791 e. The monoisotopic (exact) mass is 329 g/mol. The van der Waals surface area contributed by atoms with Crippen LogP contribution in [0.4, 0.5) is 0 Å². The maximum absolute atomic E-state index is 10.2. The first kappa shape index (κ1) is 17.1. The third kappa shape index (κ3) is 4.63. The van der Waals surface area contributed by atoms with E-state index < -0.39 is 0 Å². The number of aromatic nitrogens is 3. The van der Waals surface area contributed by atoms with Crippen molar-refractivity contribution in [3.05, 3.63) is 36.3 Å². The quantitative estimate of drug-likeness (QED) is 0.720. The summed E-state index contributed by atoms with van der Waals surface area (Å²) in [5, 5.41) is 20.7. The van der Waals surface area contributed by atoms with Crippen LogP contribution < -0.4 is 5.32 Å². The van der Waals surface area contributed by atoms with Crippen molar-refractivity contribution in [3.8, 4) is 11.3 Å².